The van der Waals surface area contributed by atoms with Gasteiger partial charge in [0.25, 0.3) is 0 Å². The second kappa shape index (κ2) is 4.32. The molecule has 7 heteroatoms. The normalized spacial score (nSPS) is 24.6. The highest BCUT2D eigenvalue weighted by atomic mass is 32.2. The van der Waals surface area contributed by atoms with E-state index in [0.717, 1.165) is 10.7 Å². The fourth-order valence-electron chi connectivity index (χ4n) is 2.38. The van der Waals surface area contributed by atoms with Crippen LogP contribution in [0.3, 0.4) is 0 Å². The first kappa shape index (κ1) is 12.1. The van der Waals surface area contributed by atoms with E-state index in [1.807, 2.05) is 22.2 Å². The van der Waals surface area contributed by atoms with Crippen molar-refractivity contribution in [1.82, 2.24) is 9.38 Å². The first-order chi connectivity index (χ1) is 8.53. The van der Waals surface area contributed by atoms with Crippen LogP contribution in [0.15, 0.2) is 17.8 Å². The summed E-state index contributed by atoms with van der Waals surface area (Å²) in [6.07, 6.45) is 4.17. The molecule has 2 aromatic rings. The Balaban J connectivity index is 1.71. The third-order valence-corrected chi connectivity index (χ3v) is 5.94. The molecule has 0 aliphatic carbocycles. The summed E-state index contributed by atoms with van der Waals surface area (Å²) in [6, 6.07) is 0. The number of rotatable bonds is 3. The van der Waals surface area contributed by atoms with Crippen LogP contribution in [0.1, 0.15) is 12.1 Å². The molecule has 0 saturated carbocycles. The second-order valence-corrected chi connectivity index (χ2v) is 7.86. The molecule has 2 unspecified atom stereocenters. The van der Waals surface area contributed by atoms with E-state index >= 15 is 0 Å². The molecule has 2 atom stereocenters. The van der Waals surface area contributed by atoms with Gasteiger partial charge in [0, 0.05) is 30.1 Å². The Morgan fingerprint density at radius 3 is 3.11 bits per heavy atom. The zero-order valence-electron chi connectivity index (χ0n) is 9.69. The van der Waals surface area contributed by atoms with Crippen molar-refractivity contribution >= 4 is 26.1 Å². The van der Waals surface area contributed by atoms with Gasteiger partial charge in [-0.3, -0.25) is 4.40 Å². The Bertz CT molecular complexity index is 630. The molecule has 3 heterocycles. The number of hydrogen-bond acceptors (Lipinski definition) is 5. The predicted molar refractivity (Wildman–Crippen MR) is 69.5 cm³/mol. The maximum absolute atomic E-state index is 11.4. The van der Waals surface area contributed by atoms with Crippen molar-refractivity contribution in [2.45, 2.75) is 18.9 Å². The van der Waals surface area contributed by atoms with Crippen LogP contribution in [0.25, 0.3) is 4.96 Å². The number of aliphatic hydroxyl groups is 1. The lowest BCUT2D eigenvalue weighted by Gasteiger charge is -2.14. The molecule has 3 rings (SSSR count). The average molecular weight is 286 g/mol. The van der Waals surface area contributed by atoms with E-state index in [9.17, 15) is 13.5 Å². The van der Waals surface area contributed by atoms with Gasteiger partial charge in [0.1, 0.15) is 0 Å². The Morgan fingerprint density at radius 1 is 1.61 bits per heavy atom. The summed E-state index contributed by atoms with van der Waals surface area (Å²) >= 11 is 1.54. The van der Waals surface area contributed by atoms with E-state index in [1.165, 1.54) is 0 Å². The van der Waals surface area contributed by atoms with Crippen LogP contribution < -0.4 is 0 Å². The van der Waals surface area contributed by atoms with Gasteiger partial charge >= 0.3 is 0 Å². The number of sulfone groups is 1. The molecule has 0 spiro atoms. The Labute approximate surface area is 109 Å². The molecular weight excluding hydrogens is 272 g/mol. The minimum atomic E-state index is -2.93. The average Bonchev–Trinajstić information content (AvgIpc) is 2.91. The summed E-state index contributed by atoms with van der Waals surface area (Å²) in [4.78, 5) is 5.29. The van der Waals surface area contributed by atoms with Crippen LogP contribution in [0.4, 0.5) is 0 Å². The van der Waals surface area contributed by atoms with E-state index in [1.54, 1.807) is 11.3 Å². The molecule has 0 bridgehead atoms. The molecule has 1 aliphatic heterocycles. The molecule has 1 N–H and O–H groups in total. The molecule has 98 valence electrons. The maximum Gasteiger partial charge on any atom is 0.193 e. The summed E-state index contributed by atoms with van der Waals surface area (Å²) in [5.74, 6) is 0.165. The third-order valence-electron chi connectivity index (χ3n) is 3.37. The highest BCUT2D eigenvalue weighted by molar-refractivity contribution is 7.91. The van der Waals surface area contributed by atoms with E-state index in [4.69, 9.17) is 0 Å². The zero-order chi connectivity index (χ0) is 12.8. The monoisotopic (exact) mass is 286 g/mol. The highest BCUT2D eigenvalue weighted by Crippen LogP contribution is 2.24. The minimum Gasteiger partial charge on any atom is -0.392 e. The smallest absolute Gasteiger partial charge is 0.193 e. The Hall–Kier alpha value is -0.920. The van der Waals surface area contributed by atoms with E-state index in [2.05, 4.69) is 4.98 Å². The van der Waals surface area contributed by atoms with Crippen molar-refractivity contribution in [3.05, 3.63) is 23.5 Å². The largest absolute Gasteiger partial charge is 0.392 e. The van der Waals surface area contributed by atoms with Gasteiger partial charge in [-0.1, -0.05) is 0 Å². The van der Waals surface area contributed by atoms with Crippen LogP contribution in [0.5, 0.6) is 0 Å². The number of nitrogens with zero attached hydrogens (tertiary/aromatic N) is 2. The highest BCUT2D eigenvalue weighted by Gasteiger charge is 2.33. The Kier molecular flexibility index (Phi) is 2.91. The topological polar surface area (TPSA) is 71.7 Å². The van der Waals surface area contributed by atoms with Crippen LogP contribution in [-0.4, -0.2) is 40.5 Å². The SMILES string of the molecule is O=S1(=O)CCC(C(O)Cc2cn3ccsc3n2)C1. The number of thiazole rings is 1. The van der Waals surface area contributed by atoms with Crippen molar-refractivity contribution in [2.24, 2.45) is 5.92 Å². The Morgan fingerprint density at radius 2 is 2.44 bits per heavy atom. The van der Waals surface area contributed by atoms with Gasteiger partial charge in [-0.05, 0) is 6.42 Å². The third kappa shape index (κ3) is 2.30. The van der Waals surface area contributed by atoms with E-state index in [0.29, 0.717) is 12.8 Å². The summed E-state index contributed by atoms with van der Waals surface area (Å²) in [5.41, 5.74) is 0.818. The molecule has 0 amide bonds. The lowest BCUT2D eigenvalue weighted by molar-refractivity contribution is 0.119. The quantitative estimate of drug-likeness (QED) is 0.903. The fourth-order valence-corrected chi connectivity index (χ4v) is 4.97. The molecule has 0 aromatic carbocycles. The molecule has 1 saturated heterocycles. The molecular formula is C11H14N2O3S2. The number of hydrogen-bond donors (Lipinski definition) is 1. The van der Waals surface area contributed by atoms with Crippen molar-refractivity contribution < 1.29 is 13.5 Å². The summed E-state index contributed by atoms with van der Waals surface area (Å²) in [7, 11) is -2.93. The van der Waals surface area contributed by atoms with Crippen LogP contribution >= 0.6 is 11.3 Å². The minimum absolute atomic E-state index is 0.108. The molecule has 18 heavy (non-hydrogen) atoms. The summed E-state index contributed by atoms with van der Waals surface area (Å²) in [6.45, 7) is 0. The molecule has 1 fully saturated rings. The van der Waals surface area contributed by atoms with Gasteiger partial charge in [0.05, 0.1) is 23.3 Å². The lowest BCUT2D eigenvalue weighted by atomic mass is 9.98. The molecule has 2 aromatic heterocycles. The van der Waals surface area contributed by atoms with Gasteiger partial charge in [-0.25, -0.2) is 13.4 Å². The van der Waals surface area contributed by atoms with Crippen molar-refractivity contribution in [3.8, 4) is 0 Å². The standard InChI is InChI=1S/C11H14N2O3S2/c14-10(8-1-4-18(15,16)7-8)5-9-6-13-2-3-17-11(13)12-9/h2-3,6,8,10,14H,1,4-5,7H2. The number of imidazole rings is 1. The van der Waals surface area contributed by atoms with Crippen molar-refractivity contribution in [3.63, 3.8) is 0 Å². The van der Waals surface area contributed by atoms with Crippen LogP contribution in [-0.2, 0) is 16.3 Å². The van der Waals surface area contributed by atoms with Gasteiger partial charge in [0.15, 0.2) is 14.8 Å². The van der Waals surface area contributed by atoms with E-state index < -0.39 is 15.9 Å². The number of aliphatic hydroxyl groups excluding tert-OH is 1. The van der Waals surface area contributed by atoms with Crippen LogP contribution in [0.2, 0.25) is 0 Å². The first-order valence-corrected chi connectivity index (χ1v) is 8.53. The number of aromatic nitrogens is 2. The van der Waals surface area contributed by atoms with Gasteiger partial charge in [-0.15, -0.1) is 11.3 Å². The van der Waals surface area contributed by atoms with Crippen molar-refractivity contribution in [1.29, 1.82) is 0 Å². The van der Waals surface area contributed by atoms with Crippen molar-refractivity contribution in [2.75, 3.05) is 11.5 Å². The van der Waals surface area contributed by atoms with Gasteiger partial charge < -0.3 is 5.11 Å². The fraction of sp³-hybridized carbons (Fsp3) is 0.545. The van der Waals surface area contributed by atoms with Crippen LogP contribution in [0, 0.1) is 5.92 Å². The molecule has 0 radical (unpaired) electrons. The van der Waals surface area contributed by atoms with E-state index in [-0.39, 0.29) is 17.4 Å². The lowest BCUT2D eigenvalue weighted by Crippen LogP contribution is -2.24. The summed E-state index contributed by atoms with van der Waals surface area (Å²) in [5, 5.41) is 12.0. The molecule has 1 aliphatic rings. The zero-order valence-corrected chi connectivity index (χ0v) is 11.3. The maximum atomic E-state index is 11.4. The second-order valence-electron chi connectivity index (χ2n) is 4.76. The van der Waals surface area contributed by atoms with Gasteiger partial charge in [0.2, 0.25) is 0 Å². The van der Waals surface area contributed by atoms with Gasteiger partial charge in [-0.2, -0.15) is 0 Å². The predicted octanol–water partition coefficient (Wildman–Crippen LogP) is 0.734. The summed E-state index contributed by atoms with van der Waals surface area (Å²) < 4.78 is 24.7. The first-order valence-electron chi connectivity index (χ1n) is 5.83. The molecule has 5 nitrogen and oxygen atoms in total. The number of fused-ring (bicyclic) bond motifs is 1.